The Bertz CT molecular complexity index is 2370. The predicted molar refractivity (Wildman–Crippen MR) is 173 cm³/mol. The Morgan fingerprint density at radius 1 is 0.826 bits per heavy atom. The minimum Gasteiger partial charge on any atom is -0.455 e. The Morgan fingerprint density at radius 2 is 1.61 bits per heavy atom. The van der Waals surface area contributed by atoms with Gasteiger partial charge in [0.15, 0.2) is 11.2 Å². The van der Waals surface area contributed by atoms with Gasteiger partial charge < -0.3 is 14.2 Å². The number of furan rings is 1. The number of nitrogens with one attached hydrogen (secondary N) is 2. The monoisotopic (exact) mass is 632 g/mol. The molecule has 9 nitrogen and oxygen atoms in total. The van der Waals surface area contributed by atoms with Crippen LogP contribution in [0.1, 0.15) is 15.9 Å². The standard InChI is InChI=1S/C35H25FN4O5S/c1-20-7-3-4-11-30(20)46(42,43)40-27-19-29-26(31(34(41)37-2)32(44-29)21-12-14-24(36)15-13-21)18-25(27)22-8-5-9-23(17-22)35-39-33-28(45-35)10-6-16-38-33/h3-19,40H,1-2H3,(H,37,41). The van der Waals surface area contributed by atoms with Gasteiger partial charge in [-0.15, -0.1) is 0 Å². The number of hydrogen-bond acceptors (Lipinski definition) is 7. The molecule has 0 saturated carbocycles. The van der Waals surface area contributed by atoms with Crippen molar-refractivity contribution in [3.05, 3.63) is 120 Å². The van der Waals surface area contributed by atoms with Crippen molar-refractivity contribution in [3.8, 4) is 33.9 Å². The maximum Gasteiger partial charge on any atom is 0.262 e. The lowest BCUT2D eigenvalue weighted by Crippen LogP contribution is -2.18. The molecule has 0 bridgehead atoms. The Labute approximate surface area is 262 Å². The number of aromatic nitrogens is 2. The second kappa shape index (κ2) is 11.3. The molecule has 7 aromatic rings. The minimum atomic E-state index is -4.06. The van der Waals surface area contributed by atoms with Gasteiger partial charge in [-0.3, -0.25) is 9.52 Å². The molecule has 7 rings (SSSR count). The molecule has 11 heteroatoms. The molecule has 4 aromatic carbocycles. The molecular formula is C35H25FN4O5S. The molecule has 0 atom stereocenters. The Balaban J connectivity index is 1.46. The van der Waals surface area contributed by atoms with Crippen LogP contribution in [0.3, 0.4) is 0 Å². The number of halogens is 1. The predicted octanol–water partition coefficient (Wildman–Crippen LogP) is 7.58. The van der Waals surface area contributed by atoms with Crippen molar-refractivity contribution in [2.24, 2.45) is 0 Å². The highest BCUT2D eigenvalue weighted by Crippen LogP contribution is 2.41. The van der Waals surface area contributed by atoms with Gasteiger partial charge in [-0.1, -0.05) is 30.3 Å². The van der Waals surface area contributed by atoms with Crippen LogP contribution in [0, 0.1) is 12.7 Å². The second-order valence-corrected chi connectivity index (χ2v) is 12.2. The average Bonchev–Trinajstić information content (AvgIpc) is 3.66. The number of fused-ring (bicyclic) bond motifs is 2. The first-order valence-electron chi connectivity index (χ1n) is 14.2. The third-order valence-corrected chi connectivity index (χ3v) is 9.13. The number of oxazole rings is 1. The summed E-state index contributed by atoms with van der Waals surface area (Å²) < 4.78 is 56.1. The summed E-state index contributed by atoms with van der Waals surface area (Å²) in [5.74, 6) is -0.310. The van der Waals surface area contributed by atoms with Crippen molar-refractivity contribution >= 4 is 43.8 Å². The normalized spacial score (nSPS) is 11.6. The van der Waals surface area contributed by atoms with Gasteiger partial charge in [0.1, 0.15) is 17.2 Å². The average molecular weight is 633 g/mol. The van der Waals surface area contributed by atoms with E-state index in [9.17, 15) is 17.6 Å². The van der Waals surface area contributed by atoms with Crippen LogP contribution >= 0.6 is 0 Å². The molecule has 3 aromatic heterocycles. The fraction of sp³-hybridized carbons (Fsp3) is 0.0571. The maximum absolute atomic E-state index is 13.8. The lowest BCUT2D eigenvalue weighted by molar-refractivity contribution is 0.0964. The van der Waals surface area contributed by atoms with Crippen molar-refractivity contribution in [2.75, 3.05) is 11.8 Å². The highest BCUT2D eigenvalue weighted by molar-refractivity contribution is 7.92. The number of anilines is 1. The molecule has 0 aliphatic heterocycles. The molecule has 0 unspecified atom stereocenters. The van der Waals surface area contributed by atoms with E-state index in [1.54, 1.807) is 61.7 Å². The summed E-state index contributed by atoms with van der Waals surface area (Å²) in [6.07, 6.45) is 1.63. The van der Waals surface area contributed by atoms with Crippen LogP contribution in [-0.2, 0) is 10.0 Å². The van der Waals surface area contributed by atoms with E-state index in [1.165, 1.54) is 37.4 Å². The Hall–Kier alpha value is -5.81. The number of benzene rings is 4. The summed E-state index contributed by atoms with van der Waals surface area (Å²) in [5.41, 5.74) is 4.45. The summed E-state index contributed by atoms with van der Waals surface area (Å²) in [6, 6.07) is 26.3. The Kier molecular flexibility index (Phi) is 7.09. The highest BCUT2D eigenvalue weighted by Gasteiger charge is 2.26. The highest BCUT2D eigenvalue weighted by atomic mass is 32.2. The van der Waals surface area contributed by atoms with Gasteiger partial charge in [0, 0.05) is 41.4 Å². The third-order valence-electron chi connectivity index (χ3n) is 7.60. The van der Waals surface area contributed by atoms with Crippen LogP contribution in [0.5, 0.6) is 0 Å². The second-order valence-electron chi connectivity index (χ2n) is 10.6. The molecule has 0 aliphatic rings. The smallest absolute Gasteiger partial charge is 0.262 e. The quantitative estimate of drug-likeness (QED) is 0.185. The summed E-state index contributed by atoms with van der Waals surface area (Å²) >= 11 is 0. The molecular weight excluding hydrogens is 607 g/mol. The first-order chi connectivity index (χ1) is 22.2. The lowest BCUT2D eigenvalue weighted by Gasteiger charge is -2.15. The summed E-state index contributed by atoms with van der Waals surface area (Å²) in [7, 11) is -2.56. The van der Waals surface area contributed by atoms with E-state index in [0.29, 0.717) is 50.3 Å². The van der Waals surface area contributed by atoms with Crippen molar-refractivity contribution in [2.45, 2.75) is 11.8 Å². The van der Waals surface area contributed by atoms with Crippen LogP contribution in [-0.4, -0.2) is 31.3 Å². The fourth-order valence-corrected chi connectivity index (χ4v) is 6.71. The molecule has 228 valence electrons. The number of sulfonamides is 1. The maximum atomic E-state index is 13.8. The SMILES string of the molecule is CNC(=O)c1c(-c2ccc(F)cc2)oc2cc(NS(=O)(=O)c3ccccc3C)c(-c3cccc(-c4nc5ncccc5o4)c3)cc12. The first kappa shape index (κ1) is 28.9. The number of amides is 1. The summed E-state index contributed by atoms with van der Waals surface area (Å²) in [4.78, 5) is 22.1. The fourth-order valence-electron chi connectivity index (χ4n) is 5.39. The molecule has 2 N–H and O–H groups in total. The van der Waals surface area contributed by atoms with Crippen LogP contribution in [0.4, 0.5) is 10.1 Å². The molecule has 0 spiro atoms. The zero-order chi connectivity index (χ0) is 32.0. The minimum absolute atomic E-state index is 0.117. The van der Waals surface area contributed by atoms with Crippen LogP contribution < -0.4 is 10.0 Å². The van der Waals surface area contributed by atoms with E-state index < -0.39 is 21.7 Å². The van der Waals surface area contributed by atoms with Crippen LogP contribution in [0.25, 0.3) is 56.1 Å². The van der Waals surface area contributed by atoms with Crippen molar-refractivity contribution < 1.29 is 26.4 Å². The van der Waals surface area contributed by atoms with Gasteiger partial charge in [-0.05, 0) is 78.7 Å². The topological polar surface area (TPSA) is 127 Å². The Morgan fingerprint density at radius 3 is 2.37 bits per heavy atom. The van der Waals surface area contributed by atoms with Gasteiger partial charge in [0.2, 0.25) is 5.89 Å². The van der Waals surface area contributed by atoms with Crippen LogP contribution in [0.2, 0.25) is 0 Å². The first-order valence-corrected chi connectivity index (χ1v) is 15.7. The van der Waals surface area contributed by atoms with Gasteiger partial charge >= 0.3 is 0 Å². The van der Waals surface area contributed by atoms with E-state index in [2.05, 4.69) is 20.0 Å². The van der Waals surface area contributed by atoms with Gasteiger partial charge in [-0.25, -0.2) is 17.8 Å². The largest absolute Gasteiger partial charge is 0.455 e. The number of rotatable bonds is 7. The van der Waals surface area contributed by atoms with Crippen molar-refractivity contribution in [1.29, 1.82) is 0 Å². The number of carbonyl (C=O) groups is 1. The summed E-state index contributed by atoms with van der Waals surface area (Å²) in [5, 5.41) is 3.09. The van der Waals surface area contributed by atoms with Crippen molar-refractivity contribution in [1.82, 2.24) is 15.3 Å². The summed E-state index contributed by atoms with van der Waals surface area (Å²) in [6.45, 7) is 1.72. The zero-order valence-corrected chi connectivity index (χ0v) is 25.4. The van der Waals surface area contributed by atoms with E-state index in [-0.39, 0.29) is 27.5 Å². The number of pyridine rings is 1. The molecule has 3 heterocycles. The number of aryl methyl sites for hydroxylation is 1. The van der Waals surface area contributed by atoms with Crippen LogP contribution in [0.15, 0.2) is 117 Å². The van der Waals surface area contributed by atoms with E-state index in [1.807, 2.05) is 18.2 Å². The molecule has 0 radical (unpaired) electrons. The van der Waals surface area contributed by atoms with E-state index >= 15 is 0 Å². The van der Waals surface area contributed by atoms with Gasteiger partial charge in [0.25, 0.3) is 15.9 Å². The van der Waals surface area contributed by atoms with E-state index in [4.69, 9.17) is 8.83 Å². The molecule has 0 aliphatic carbocycles. The number of carbonyl (C=O) groups excluding carboxylic acids is 1. The number of nitrogens with zero attached hydrogens (tertiary/aromatic N) is 2. The zero-order valence-electron chi connectivity index (χ0n) is 24.5. The van der Waals surface area contributed by atoms with Gasteiger partial charge in [-0.2, -0.15) is 4.98 Å². The van der Waals surface area contributed by atoms with Gasteiger partial charge in [0.05, 0.1) is 16.1 Å². The number of hydrogen-bond donors (Lipinski definition) is 2. The molecule has 0 saturated heterocycles. The van der Waals surface area contributed by atoms with E-state index in [0.717, 1.165) is 0 Å². The molecule has 46 heavy (non-hydrogen) atoms. The lowest BCUT2D eigenvalue weighted by atomic mass is 9.97. The molecule has 0 fully saturated rings. The van der Waals surface area contributed by atoms with Crippen molar-refractivity contribution in [3.63, 3.8) is 0 Å². The molecule has 1 amide bonds. The third kappa shape index (κ3) is 5.16.